The number of halogens is 1. The third kappa shape index (κ3) is 2.59. The zero-order valence-corrected chi connectivity index (χ0v) is 10.8. The maximum absolute atomic E-state index is 13.8. The highest BCUT2D eigenvalue weighted by atomic mass is 19.1. The molecule has 0 aliphatic heterocycles. The molecule has 0 unspecified atom stereocenters. The van der Waals surface area contributed by atoms with Crippen molar-refractivity contribution in [2.24, 2.45) is 7.05 Å². The number of benzene rings is 1. The van der Waals surface area contributed by atoms with Gasteiger partial charge in [0.1, 0.15) is 5.82 Å². The number of ether oxygens (including phenoxy) is 1. The second kappa shape index (κ2) is 5.14. The minimum absolute atomic E-state index is 0.197. The molecule has 0 amide bonds. The van der Waals surface area contributed by atoms with E-state index in [1.807, 2.05) is 0 Å². The third-order valence-electron chi connectivity index (χ3n) is 2.87. The molecule has 2 aromatic rings. The molecular formula is C14H15FN2O2. The summed E-state index contributed by atoms with van der Waals surface area (Å²) in [6, 6.07) is 7.63. The average Bonchev–Trinajstić information content (AvgIpc) is 2.38. The lowest BCUT2D eigenvalue weighted by molar-refractivity contribution is 0.321. The summed E-state index contributed by atoms with van der Waals surface area (Å²) in [5.74, 6) is 0.0680. The van der Waals surface area contributed by atoms with Crippen LogP contribution < -0.4 is 16.0 Å². The Labute approximate surface area is 110 Å². The molecule has 19 heavy (non-hydrogen) atoms. The molecule has 100 valence electrons. The fourth-order valence-corrected chi connectivity index (χ4v) is 1.77. The van der Waals surface area contributed by atoms with Crippen LogP contribution in [-0.2, 0) is 7.05 Å². The van der Waals surface area contributed by atoms with Crippen LogP contribution in [0.2, 0.25) is 0 Å². The Balaban J connectivity index is 2.48. The summed E-state index contributed by atoms with van der Waals surface area (Å²) in [5, 5.41) is 0. The highest BCUT2D eigenvalue weighted by molar-refractivity contribution is 5.66. The van der Waals surface area contributed by atoms with Gasteiger partial charge in [0, 0.05) is 13.1 Å². The van der Waals surface area contributed by atoms with E-state index < -0.39 is 5.82 Å². The Morgan fingerprint density at radius 2 is 2.00 bits per heavy atom. The van der Waals surface area contributed by atoms with Crippen molar-refractivity contribution in [3.8, 4) is 16.9 Å². The molecule has 0 fully saturated rings. The first kappa shape index (κ1) is 13.1. The molecule has 2 rings (SSSR count). The van der Waals surface area contributed by atoms with E-state index in [1.54, 1.807) is 32.2 Å². The highest BCUT2D eigenvalue weighted by Gasteiger charge is 2.08. The normalized spacial score (nSPS) is 10.5. The molecule has 5 heteroatoms. The number of aromatic nitrogens is 1. The molecule has 0 aliphatic rings. The first-order valence-electron chi connectivity index (χ1n) is 5.92. The van der Waals surface area contributed by atoms with E-state index in [0.717, 1.165) is 0 Å². The van der Waals surface area contributed by atoms with E-state index in [1.165, 1.54) is 16.7 Å². The lowest BCUT2D eigenvalue weighted by Crippen LogP contribution is -2.18. The van der Waals surface area contributed by atoms with Crippen LogP contribution in [0.15, 0.2) is 35.1 Å². The van der Waals surface area contributed by atoms with Gasteiger partial charge in [0.2, 0.25) is 0 Å². The van der Waals surface area contributed by atoms with Gasteiger partial charge in [0.05, 0.1) is 6.61 Å². The van der Waals surface area contributed by atoms with E-state index in [9.17, 15) is 9.18 Å². The van der Waals surface area contributed by atoms with Gasteiger partial charge in [0.25, 0.3) is 5.56 Å². The van der Waals surface area contributed by atoms with Crippen molar-refractivity contribution in [2.45, 2.75) is 6.92 Å². The molecule has 0 radical (unpaired) electrons. The minimum Gasteiger partial charge on any atom is -0.491 e. The summed E-state index contributed by atoms with van der Waals surface area (Å²) in [5.41, 5.74) is 6.66. The van der Waals surface area contributed by atoms with Gasteiger partial charge >= 0.3 is 0 Å². The number of nitrogens with zero attached hydrogens (tertiary/aromatic N) is 1. The molecule has 4 nitrogen and oxygen atoms in total. The summed E-state index contributed by atoms with van der Waals surface area (Å²) in [6.45, 7) is 2.18. The molecule has 0 atom stereocenters. The summed E-state index contributed by atoms with van der Waals surface area (Å²) in [6.07, 6.45) is 0. The van der Waals surface area contributed by atoms with Gasteiger partial charge in [-0.2, -0.15) is 0 Å². The lowest BCUT2D eigenvalue weighted by Gasteiger charge is -2.09. The first-order valence-corrected chi connectivity index (χ1v) is 5.92. The third-order valence-corrected chi connectivity index (χ3v) is 2.87. The number of pyridine rings is 1. The van der Waals surface area contributed by atoms with Gasteiger partial charge in [-0.25, -0.2) is 4.39 Å². The van der Waals surface area contributed by atoms with Crippen molar-refractivity contribution in [3.63, 3.8) is 0 Å². The lowest BCUT2D eigenvalue weighted by atomic mass is 10.1. The van der Waals surface area contributed by atoms with Crippen LogP contribution in [0.5, 0.6) is 5.75 Å². The van der Waals surface area contributed by atoms with Crippen LogP contribution in [0, 0.1) is 5.82 Å². The Morgan fingerprint density at radius 3 is 2.58 bits per heavy atom. The monoisotopic (exact) mass is 262 g/mol. The van der Waals surface area contributed by atoms with Crippen LogP contribution in [-0.4, -0.2) is 11.2 Å². The van der Waals surface area contributed by atoms with Gasteiger partial charge < -0.3 is 10.5 Å². The smallest absolute Gasteiger partial charge is 0.252 e. The van der Waals surface area contributed by atoms with Crippen molar-refractivity contribution >= 4 is 5.82 Å². The molecule has 1 aromatic carbocycles. The van der Waals surface area contributed by atoms with E-state index in [-0.39, 0.29) is 11.3 Å². The molecule has 0 bridgehead atoms. The maximum Gasteiger partial charge on any atom is 0.252 e. The van der Waals surface area contributed by atoms with Gasteiger partial charge in [-0.15, -0.1) is 0 Å². The van der Waals surface area contributed by atoms with Crippen molar-refractivity contribution in [1.29, 1.82) is 0 Å². The van der Waals surface area contributed by atoms with Gasteiger partial charge in [-0.05, 0) is 36.2 Å². The van der Waals surface area contributed by atoms with Gasteiger partial charge in [0.15, 0.2) is 11.6 Å². The van der Waals surface area contributed by atoms with E-state index in [0.29, 0.717) is 23.6 Å². The SMILES string of the molecule is CCOc1ccc(-c2cc(N)n(C)c(=O)c2)cc1F. The maximum atomic E-state index is 13.8. The highest BCUT2D eigenvalue weighted by Crippen LogP contribution is 2.25. The summed E-state index contributed by atoms with van der Waals surface area (Å²) in [7, 11) is 1.58. The molecule has 1 aromatic heterocycles. The Bertz CT molecular complexity index is 665. The zero-order valence-electron chi connectivity index (χ0n) is 10.8. The fourth-order valence-electron chi connectivity index (χ4n) is 1.77. The number of nitrogen functional groups attached to an aromatic ring is 1. The Hall–Kier alpha value is -2.30. The fraction of sp³-hybridized carbons (Fsp3) is 0.214. The second-order valence-electron chi connectivity index (χ2n) is 4.14. The molecule has 0 saturated carbocycles. The predicted molar refractivity (Wildman–Crippen MR) is 72.7 cm³/mol. The quantitative estimate of drug-likeness (QED) is 0.922. The molecular weight excluding hydrogens is 247 g/mol. The van der Waals surface area contributed by atoms with Crippen molar-refractivity contribution in [2.75, 3.05) is 12.3 Å². The molecule has 0 aliphatic carbocycles. The number of hydrogen-bond acceptors (Lipinski definition) is 3. The average molecular weight is 262 g/mol. The van der Waals surface area contributed by atoms with Crippen LogP contribution in [0.3, 0.4) is 0 Å². The van der Waals surface area contributed by atoms with Crippen LogP contribution in [0.25, 0.3) is 11.1 Å². The molecule has 0 saturated heterocycles. The summed E-state index contributed by atoms with van der Waals surface area (Å²) < 4.78 is 20.2. The number of anilines is 1. The largest absolute Gasteiger partial charge is 0.491 e. The van der Waals surface area contributed by atoms with Crippen LogP contribution in [0.1, 0.15) is 6.92 Å². The predicted octanol–water partition coefficient (Wildman–Crippen LogP) is 2.17. The van der Waals surface area contributed by atoms with Crippen molar-refractivity contribution in [1.82, 2.24) is 4.57 Å². The van der Waals surface area contributed by atoms with Gasteiger partial charge in [-0.1, -0.05) is 6.07 Å². The van der Waals surface area contributed by atoms with Crippen LogP contribution in [0.4, 0.5) is 10.2 Å². The first-order chi connectivity index (χ1) is 9.02. The van der Waals surface area contributed by atoms with Crippen molar-refractivity contribution < 1.29 is 9.13 Å². The molecule has 1 heterocycles. The summed E-state index contributed by atoms with van der Waals surface area (Å²) >= 11 is 0. The zero-order chi connectivity index (χ0) is 14.0. The number of rotatable bonds is 3. The Kier molecular flexibility index (Phi) is 3.55. The summed E-state index contributed by atoms with van der Waals surface area (Å²) in [4.78, 5) is 11.7. The Morgan fingerprint density at radius 1 is 1.26 bits per heavy atom. The van der Waals surface area contributed by atoms with Crippen molar-refractivity contribution in [3.05, 3.63) is 46.5 Å². The van der Waals surface area contributed by atoms with E-state index >= 15 is 0 Å². The minimum atomic E-state index is -0.460. The topological polar surface area (TPSA) is 57.2 Å². The van der Waals surface area contributed by atoms with Gasteiger partial charge in [-0.3, -0.25) is 9.36 Å². The second-order valence-corrected chi connectivity index (χ2v) is 4.14. The number of nitrogens with two attached hydrogens (primary N) is 1. The molecule has 2 N–H and O–H groups in total. The van der Waals surface area contributed by atoms with E-state index in [2.05, 4.69) is 0 Å². The standard InChI is InChI=1S/C14H15FN2O2/c1-3-19-12-5-4-9(6-11(12)15)10-7-13(16)17(2)14(18)8-10/h4-8H,3,16H2,1-2H3. The van der Waals surface area contributed by atoms with Crippen LogP contribution >= 0.6 is 0 Å². The number of hydrogen-bond donors (Lipinski definition) is 1. The van der Waals surface area contributed by atoms with E-state index in [4.69, 9.17) is 10.5 Å². The molecule has 0 spiro atoms.